The van der Waals surface area contributed by atoms with Gasteiger partial charge >= 0.3 is 0 Å². The Bertz CT molecular complexity index is 2880. The first-order valence-corrected chi connectivity index (χ1v) is 17.4. The third kappa shape index (κ3) is 4.56. The third-order valence-electron chi connectivity index (χ3n) is 9.33. The van der Waals surface area contributed by atoms with Gasteiger partial charge in [-0.2, -0.15) is 0 Å². The van der Waals surface area contributed by atoms with Gasteiger partial charge in [-0.25, -0.2) is 9.97 Å². The highest BCUT2D eigenvalue weighted by Crippen LogP contribution is 2.48. The number of rotatable bonds is 5. The van der Waals surface area contributed by atoms with Crippen LogP contribution in [0.15, 0.2) is 152 Å². The number of hydrogen-bond acceptors (Lipinski definition) is 4. The Morgan fingerprint density at radius 2 is 1.10 bits per heavy atom. The predicted octanol–water partition coefficient (Wildman–Crippen LogP) is 13.2. The van der Waals surface area contributed by atoms with Crippen LogP contribution >= 0.6 is 22.9 Å². The molecule has 2 aromatic heterocycles. The smallest absolute Gasteiger partial charge is 0.155 e. The number of halogens is 1. The van der Waals surface area contributed by atoms with Gasteiger partial charge in [0, 0.05) is 31.3 Å². The fraction of sp³-hybridized carbons (Fsp3) is 0. The Labute approximate surface area is 291 Å². The highest BCUT2D eigenvalue weighted by atomic mass is 35.5. The van der Waals surface area contributed by atoms with E-state index in [-0.39, 0.29) is 0 Å². The van der Waals surface area contributed by atoms with E-state index < -0.39 is 0 Å². The molecule has 0 N–H and O–H groups in total. The summed E-state index contributed by atoms with van der Waals surface area (Å²) in [6.07, 6.45) is 0. The summed E-state index contributed by atoms with van der Waals surface area (Å²) in [5, 5.41) is 8.00. The zero-order valence-electron chi connectivity index (χ0n) is 26.0. The standard InChI is InChI=1S/C44H25ClN2OS/c45-35-19-9-18-33(43-42(46-36-20-6-7-21-37(36)47-43)28-14-8-13-27(23-28)26-11-2-1-3-12-26)44(35)48-29-24-34-31-16-5-4-15-30(31)32-17-10-22-38-40(32)41(34)39(25-29)49-38/h1-25H. The van der Waals surface area contributed by atoms with E-state index in [0.717, 1.165) is 44.7 Å². The number of hydrogen-bond donors (Lipinski definition) is 0. The second-order valence-corrected chi connectivity index (χ2v) is 13.7. The third-order valence-corrected chi connectivity index (χ3v) is 10.7. The second-order valence-electron chi connectivity index (χ2n) is 12.2. The first-order valence-electron chi connectivity index (χ1n) is 16.2. The van der Waals surface area contributed by atoms with E-state index in [2.05, 4.69) is 103 Å². The van der Waals surface area contributed by atoms with Crippen LogP contribution in [0.4, 0.5) is 0 Å². The maximum Gasteiger partial charge on any atom is 0.155 e. The molecule has 3 nitrogen and oxygen atoms in total. The van der Waals surface area contributed by atoms with E-state index in [1.54, 1.807) is 11.3 Å². The molecule has 0 aliphatic heterocycles. The molecule has 0 spiro atoms. The summed E-state index contributed by atoms with van der Waals surface area (Å²) >= 11 is 8.82. The van der Waals surface area contributed by atoms with Crippen molar-refractivity contribution in [2.24, 2.45) is 0 Å². The van der Waals surface area contributed by atoms with Crippen LogP contribution in [0.3, 0.4) is 0 Å². The van der Waals surface area contributed by atoms with Crippen molar-refractivity contribution < 1.29 is 4.74 Å². The van der Waals surface area contributed by atoms with Gasteiger partial charge in [0.05, 0.1) is 21.7 Å². The molecule has 0 amide bonds. The number of thiophene rings is 1. The summed E-state index contributed by atoms with van der Waals surface area (Å²) < 4.78 is 9.33. The molecule has 0 aliphatic rings. The lowest BCUT2D eigenvalue weighted by Gasteiger charge is -2.17. The van der Waals surface area contributed by atoms with Crippen molar-refractivity contribution in [3.05, 3.63) is 157 Å². The lowest BCUT2D eigenvalue weighted by molar-refractivity contribution is 0.486. The molecule has 0 radical (unpaired) electrons. The number of aromatic nitrogens is 2. The summed E-state index contributed by atoms with van der Waals surface area (Å²) in [5.74, 6) is 1.27. The molecule has 0 unspecified atom stereocenters. The Morgan fingerprint density at radius 3 is 1.94 bits per heavy atom. The minimum absolute atomic E-state index is 0.504. The van der Waals surface area contributed by atoms with Crippen molar-refractivity contribution in [2.75, 3.05) is 0 Å². The van der Waals surface area contributed by atoms with Crippen LogP contribution in [0.1, 0.15) is 0 Å². The molecule has 8 aromatic carbocycles. The normalized spacial score (nSPS) is 11.8. The van der Waals surface area contributed by atoms with Crippen molar-refractivity contribution in [1.29, 1.82) is 0 Å². The molecule has 10 rings (SSSR count). The van der Waals surface area contributed by atoms with Crippen LogP contribution in [-0.2, 0) is 0 Å². The summed E-state index contributed by atoms with van der Waals surface area (Å²) in [6, 6.07) is 52.2. The van der Waals surface area contributed by atoms with Crippen LogP contribution in [0.5, 0.6) is 11.5 Å². The maximum absolute atomic E-state index is 7.03. The highest BCUT2D eigenvalue weighted by Gasteiger charge is 2.22. The van der Waals surface area contributed by atoms with Crippen LogP contribution in [0.25, 0.3) is 86.4 Å². The minimum Gasteiger partial charge on any atom is -0.455 e. The molecule has 0 atom stereocenters. The molecular weight excluding hydrogens is 640 g/mol. The lowest BCUT2D eigenvalue weighted by Crippen LogP contribution is -1.98. The van der Waals surface area contributed by atoms with Gasteiger partial charge in [0.15, 0.2) is 5.75 Å². The van der Waals surface area contributed by atoms with E-state index in [9.17, 15) is 0 Å². The largest absolute Gasteiger partial charge is 0.455 e. The summed E-state index contributed by atoms with van der Waals surface area (Å²) in [6.45, 7) is 0. The highest BCUT2D eigenvalue weighted by molar-refractivity contribution is 7.26. The lowest BCUT2D eigenvalue weighted by atomic mass is 9.94. The molecule has 0 fully saturated rings. The molecule has 0 saturated carbocycles. The van der Waals surface area contributed by atoms with Crippen LogP contribution in [0, 0.1) is 0 Å². The molecule has 0 aliphatic carbocycles. The second kappa shape index (κ2) is 11.1. The molecule has 2 heterocycles. The van der Waals surface area contributed by atoms with Gasteiger partial charge < -0.3 is 4.74 Å². The van der Waals surface area contributed by atoms with Gasteiger partial charge in [0.1, 0.15) is 11.4 Å². The minimum atomic E-state index is 0.504. The van der Waals surface area contributed by atoms with Crippen molar-refractivity contribution in [2.45, 2.75) is 0 Å². The first kappa shape index (κ1) is 28.2. The first-order chi connectivity index (χ1) is 24.2. The van der Waals surface area contributed by atoms with Gasteiger partial charge in [-0.3, -0.25) is 0 Å². The fourth-order valence-electron chi connectivity index (χ4n) is 7.15. The number of fused-ring (bicyclic) bond motifs is 4. The van der Waals surface area contributed by atoms with Crippen molar-refractivity contribution in [1.82, 2.24) is 9.97 Å². The molecular formula is C44H25ClN2OS. The van der Waals surface area contributed by atoms with E-state index >= 15 is 0 Å². The molecule has 0 saturated heterocycles. The van der Waals surface area contributed by atoms with E-state index in [4.69, 9.17) is 26.3 Å². The Balaban J connectivity index is 1.18. The molecule has 230 valence electrons. The molecule has 0 bridgehead atoms. The van der Waals surface area contributed by atoms with Crippen LogP contribution < -0.4 is 4.74 Å². The van der Waals surface area contributed by atoms with Crippen LogP contribution in [-0.4, -0.2) is 9.97 Å². The predicted molar refractivity (Wildman–Crippen MR) is 206 cm³/mol. The van der Waals surface area contributed by atoms with E-state index in [1.807, 2.05) is 48.5 Å². The summed E-state index contributed by atoms with van der Waals surface area (Å²) in [4.78, 5) is 10.4. The van der Waals surface area contributed by atoms with Gasteiger partial charge in [-0.1, -0.05) is 115 Å². The number of ether oxygens (including phenoxy) is 1. The van der Waals surface area contributed by atoms with E-state index in [0.29, 0.717) is 16.5 Å². The molecule has 49 heavy (non-hydrogen) atoms. The van der Waals surface area contributed by atoms with Gasteiger partial charge in [-0.05, 0) is 81.2 Å². The van der Waals surface area contributed by atoms with Gasteiger partial charge in [-0.15, -0.1) is 11.3 Å². The van der Waals surface area contributed by atoms with Crippen molar-refractivity contribution in [3.63, 3.8) is 0 Å². The average Bonchev–Trinajstić information content (AvgIpc) is 3.54. The quantitative estimate of drug-likeness (QED) is 0.172. The van der Waals surface area contributed by atoms with Gasteiger partial charge in [0.2, 0.25) is 0 Å². The Hall–Kier alpha value is -5.81. The fourth-order valence-corrected chi connectivity index (χ4v) is 8.55. The Morgan fingerprint density at radius 1 is 0.469 bits per heavy atom. The van der Waals surface area contributed by atoms with E-state index in [1.165, 1.54) is 41.7 Å². The van der Waals surface area contributed by atoms with Crippen LogP contribution in [0.2, 0.25) is 5.02 Å². The van der Waals surface area contributed by atoms with Crippen molar-refractivity contribution >= 4 is 75.7 Å². The summed E-state index contributed by atoms with van der Waals surface area (Å²) in [7, 11) is 0. The maximum atomic E-state index is 7.03. The summed E-state index contributed by atoms with van der Waals surface area (Å²) in [5.41, 5.74) is 7.08. The Kier molecular flexibility index (Phi) is 6.41. The molecule has 10 aromatic rings. The average molecular weight is 665 g/mol. The van der Waals surface area contributed by atoms with Gasteiger partial charge in [0.25, 0.3) is 0 Å². The number of benzene rings is 8. The molecule has 5 heteroatoms. The van der Waals surface area contributed by atoms with Crippen molar-refractivity contribution in [3.8, 4) is 45.1 Å². The SMILES string of the molecule is Clc1cccc(-c2nc3ccccc3nc2-c2cccc(-c3ccccc3)c2)c1Oc1cc2sc3cccc4c5ccccc5c(c1)c2c34. The topological polar surface area (TPSA) is 35.0 Å². The number of para-hydroxylation sites is 3. The number of nitrogens with zero attached hydrogens (tertiary/aromatic N) is 2. The zero-order chi connectivity index (χ0) is 32.5. The monoisotopic (exact) mass is 664 g/mol. The zero-order valence-corrected chi connectivity index (χ0v) is 27.6.